The lowest BCUT2D eigenvalue weighted by molar-refractivity contribution is 0.0980. The standard InChI is InChI=1S/C49H49N5O6S2/c1-8-50-39-25-45(43(57-5)23-37(39)47(55)53-18-17-33-13-9-11-15-41(33)53)59-28-31-19-32(21-35(20-31)52(4)30-49(2,3)62-61-7)29-60-46-26-40-38(24-44(46)58-6)48(56)54-36(27-51-40)22-34-14-10-12-16-42(34)54/h9-16,19-21,23-27,36H,1,17-18,22,28-30H2,2-7H3/t36-/m0/s1. The molecule has 0 N–H and O–H groups in total. The van der Waals surface area contributed by atoms with Crippen molar-refractivity contribution in [1.29, 1.82) is 0 Å². The van der Waals surface area contributed by atoms with Crippen molar-refractivity contribution < 1.29 is 28.5 Å². The lowest BCUT2D eigenvalue weighted by Crippen LogP contribution is -2.37. The Labute approximate surface area is 370 Å². The molecule has 0 saturated carbocycles. The van der Waals surface area contributed by atoms with Crippen LogP contribution in [0.5, 0.6) is 23.0 Å². The number of fused-ring (bicyclic) bond motifs is 5. The average molecular weight is 868 g/mol. The summed E-state index contributed by atoms with van der Waals surface area (Å²) in [6, 6.07) is 28.9. The SMILES string of the molecule is C=C=Nc1cc(OCc2cc(COc3cc4c(cc3OC)C(=O)N3c5ccccc5C[C@H]3C=N4)cc(N(C)CC(C)(C)SSC)c2)c(OC)cc1C(=O)N1CCc2ccccc21. The van der Waals surface area contributed by atoms with E-state index >= 15 is 0 Å². The Morgan fingerprint density at radius 2 is 1.56 bits per heavy atom. The first-order valence-corrected chi connectivity index (χ1v) is 22.9. The third-order valence-electron chi connectivity index (χ3n) is 11.2. The van der Waals surface area contributed by atoms with E-state index in [1.165, 1.54) is 0 Å². The van der Waals surface area contributed by atoms with Crippen molar-refractivity contribution in [1.82, 2.24) is 0 Å². The number of anilines is 3. The number of para-hydroxylation sites is 2. The number of rotatable bonds is 15. The molecule has 0 bridgehead atoms. The first kappa shape index (κ1) is 42.5. The van der Waals surface area contributed by atoms with E-state index in [0.717, 1.165) is 52.3 Å². The summed E-state index contributed by atoms with van der Waals surface area (Å²) in [5.41, 5.74) is 8.54. The van der Waals surface area contributed by atoms with Crippen molar-refractivity contribution in [3.63, 3.8) is 0 Å². The van der Waals surface area contributed by atoms with Gasteiger partial charge in [-0.25, -0.2) is 4.99 Å². The van der Waals surface area contributed by atoms with Gasteiger partial charge in [-0.2, -0.15) is 0 Å². The minimum atomic E-state index is -0.188. The van der Waals surface area contributed by atoms with Gasteiger partial charge in [-0.1, -0.05) is 58.0 Å². The monoisotopic (exact) mass is 867 g/mol. The molecule has 5 aromatic carbocycles. The van der Waals surface area contributed by atoms with Crippen LogP contribution >= 0.6 is 21.6 Å². The highest BCUT2D eigenvalue weighted by atomic mass is 33.1. The van der Waals surface area contributed by atoms with Crippen LogP contribution in [0, 0.1) is 0 Å². The van der Waals surface area contributed by atoms with E-state index < -0.39 is 0 Å². The zero-order chi connectivity index (χ0) is 43.5. The molecule has 2 amide bonds. The Bertz CT molecular complexity index is 2620. The second kappa shape index (κ2) is 18.1. The average Bonchev–Trinajstić information content (AvgIpc) is 3.84. The van der Waals surface area contributed by atoms with Crippen LogP contribution in [0.25, 0.3) is 0 Å². The minimum Gasteiger partial charge on any atom is -0.493 e. The van der Waals surface area contributed by atoms with Crippen LogP contribution in [0.1, 0.15) is 56.8 Å². The van der Waals surface area contributed by atoms with Crippen LogP contribution in [0.3, 0.4) is 0 Å². The molecule has 3 heterocycles. The number of nitrogens with zero attached hydrogens (tertiary/aromatic N) is 5. The van der Waals surface area contributed by atoms with Crippen molar-refractivity contribution >= 4 is 73.9 Å². The number of amides is 2. The quantitative estimate of drug-likeness (QED) is 0.0751. The van der Waals surface area contributed by atoms with E-state index in [4.69, 9.17) is 23.9 Å². The summed E-state index contributed by atoms with van der Waals surface area (Å²) in [6.07, 6.45) is 5.43. The lowest BCUT2D eigenvalue weighted by atomic mass is 10.1. The van der Waals surface area contributed by atoms with Crippen LogP contribution in [-0.4, -0.2) is 75.3 Å². The van der Waals surface area contributed by atoms with E-state index in [1.807, 2.05) is 70.4 Å². The number of aliphatic imine (C=N–C) groups is 2. The van der Waals surface area contributed by atoms with Crippen molar-refractivity contribution in [3.05, 3.63) is 131 Å². The topological polar surface area (TPSA) is 105 Å². The Kier molecular flexibility index (Phi) is 12.4. The number of ether oxygens (including phenoxy) is 4. The molecule has 11 nitrogen and oxygen atoms in total. The van der Waals surface area contributed by atoms with Gasteiger partial charge in [0, 0.05) is 66.7 Å². The molecule has 0 aliphatic carbocycles. The summed E-state index contributed by atoms with van der Waals surface area (Å²) in [4.78, 5) is 43.0. The van der Waals surface area contributed by atoms with Crippen molar-refractivity contribution in [3.8, 4) is 23.0 Å². The molecule has 0 aromatic heterocycles. The smallest absolute Gasteiger partial charge is 0.261 e. The third kappa shape index (κ3) is 8.66. The van der Waals surface area contributed by atoms with Crippen LogP contribution in [-0.2, 0) is 26.1 Å². The van der Waals surface area contributed by atoms with Crippen molar-refractivity contribution in [2.45, 2.75) is 50.7 Å². The summed E-state index contributed by atoms with van der Waals surface area (Å²) in [5.74, 6) is 4.02. The Morgan fingerprint density at radius 1 is 0.903 bits per heavy atom. The third-order valence-corrected chi connectivity index (χ3v) is 13.8. The number of carbonyl (C=O) groups is 2. The second-order valence-corrected chi connectivity index (χ2v) is 19.1. The largest absolute Gasteiger partial charge is 0.493 e. The second-order valence-electron chi connectivity index (χ2n) is 16.0. The summed E-state index contributed by atoms with van der Waals surface area (Å²) < 4.78 is 24.6. The molecule has 0 fully saturated rings. The molecule has 318 valence electrons. The van der Waals surface area contributed by atoms with Gasteiger partial charge in [0.15, 0.2) is 23.0 Å². The van der Waals surface area contributed by atoms with Crippen LogP contribution in [0.15, 0.2) is 108 Å². The fourth-order valence-corrected chi connectivity index (χ4v) is 10.6. The van der Waals surface area contributed by atoms with Gasteiger partial charge in [-0.3, -0.25) is 19.5 Å². The summed E-state index contributed by atoms with van der Waals surface area (Å²) in [7, 11) is 8.78. The molecule has 3 aliphatic rings. The molecule has 0 unspecified atom stereocenters. The maximum absolute atomic E-state index is 14.0. The zero-order valence-electron chi connectivity index (χ0n) is 35.8. The van der Waals surface area contributed by atoms with E-state index in [-0.39, 0.29) is 35.8 Å². The van der Waals surface area contributed by atoms with Crippen LogP contribution < -0.4 is 33.6 Å². The van der Waals surface area contributed by atoms with Crippen LogP contribution in [0.2, 0.25) is 0 Å². The fourth-order valence-electron chi connectivity index (χ4n) is 8.42. The number of benzene rings is 5. The Balaban J connectivity index is 1.07. The predicted octanol–water partition coefficient (Wildman–Crippen LogP) is 10.1. The number of methoxy groups -OCH3 is 2. The summed E-state index contributed by atoms with van der Waals surface area (Å²) >= 11 is 0. The molecular formula is C49H49N5O6S2. The summed E-state index contributed by atoms with van der Waals surface area (Å²) in [6.45, 7) is 9.88. The summed E-state index contributed by atoms with van der Waals surface area (Å²) in [5, 5.41) is 0. The zero-order valence-corrected chi connectivity index (χ0v) is 37.4. The van der Waals surface area contributed by atoms with E-state index in [1.54, 1.807) is 54.2 Å². The molecule has 5 aromatic rings. The minimum absolute atomic E-state index is 0.0343. The first-order valence-electron chi connectivity index (χ1n) is 20.3. The molecular weight excluding hydrogens is 819 g/mol. The predicted molar refractivity (Wildman–Crippen MR) is 253 cm³/mol. The van der Waals surface area contributed by atoms with E-state index in [2.05, 4.69) is 67.7 Å². The maximum Gasteiger partial charge on any atom is 0.261 e. The van der Waals surface area contributed by atoms with E-state index in [9.17, 15) is 9.59 Å². The molecule has 8 rings (SSSR count). The molecule has 62 heavy (non-hydrogen) atoms. The van der Waals surface area contributed by atoms with Gasteiger partial charge < -0.3 is 28.7 Å². The highest BCUT2D eigenvalue weighted by molar-refractivity contribution is 8.77. The molecule has 0 saturated heterocycles. The fraction of sp³-hybridized carbons (Fsp3) is 0.286. The molecule has 0 spiro atoms. The van der Waals surface area contributed by atoms with Crippen LogP contribution in [0.4, 0.5) is 28.4 Å². The lowest BCUT2D eigenvalue weighted by Gasteiger charge is -2.31. The Morgan fingerprint density at radius 3 is 2.26 bits per heavy atom. The number of hydrogen-bond donors (Lipinski definition) is 0. The van der Waals surface area contributed by atoms with Crippen molar-refractivity contribution in [2.75, 3.05) is 55.3 Å². The highest BCUT2D eigenvalue weighted by Gasteiger charge is 2.36. The van der Waals surface area contributed by atoms with Gasteiger partial charge in [0.2, 0.25) is 0 Å². The number of carbonyl (C=O) groups excluding carboxylic acids is 2. The van der Waals surface area contributed by atoms with Gasteiger partial charge >= 0.3 is 0 Å². The highest BCUT2D eigenvalue weighted by Crippen LogP contribution is 2.42. The van der Waals surface area contributed by atoms with Gasteiger partial charge in [0.1, 0.15) is 13.2 Å². The normalized spacial score (nSPS) is 14.9. The van der Waals surface area contributed by atoms with Gasteiger partial charge in [0.05, 0.1) is 42.8 Å². The Hall–Kier alpha value is -6.14. The molecule has 0 radical (unpaired) electrons. The molecule has 3 aliphatic heterocycles. The maximum atomic E-state index is 14.0. The van der Waals surface area contributed by atoms with Gasteiger partial charge in [-0.05, 0) is 104 Å². The van der Waals surface area contributed by atoms with Gasteiger partial charge in [-0.15, -0.1) is 0 Å². The first-order chi connectivity index (χ1) is 30.0. The van der Waals surface area contributed by atoms with E-state index in [0.29, 0.717) is 58.5 Å². The number of hydrogen-bond acceptors (Lipinski definition) is 11. The molecule has 1 atom stereocenters. The van der Waals surface area contributed by atoms with Gasteiger partial charge in [0.25, 0.3) is 11.8 Å². The molecule has 13 heteroatoms. The van der Waals surface area contributed by atoms with Crippen molar-refractivity contribution in [2.24, 2.45) is 9.98 Å².